The molecule has 0 radical (unpaired) electrons. The number of allylic oxidation sites excluding steroid dienone is 2. The molecular formula is C20H44. The highest BCUT2D eigenvalue weighted by atomic mass is 14.2. The molecule has 0 rings (SSSR count). The topological polar surface area (TPSA) is 0 Å². The summed E-state index contributed by atoms with van der Waals surface area (Å²) in [6.45, 7) is 21.9. The molecule has 0 saturated heterocycles. The van der Waals surface area contributed by atoms with Crippen LogP contribution in [0.1, 0.15) is 108 Å². The average Bonchev–Trinajstić information content (AvgIpc) is 2.45. The van der Waals surface area contributed by atoms with Gasteiger partial charge in [0.15, 0.2) is 0 Å². The first kappa shape index (κ1) is 24.7. The molecular weight excluding hydrogens is 240 g/mol. The normalized spacial score (nSPS) is 13.9. The largest absolute Gasteiger partial charge is 0.0880 e. The van der Waals surface area contributed by atoms with Gasteiger partial charge in [0.1, 0.15) is 0 Å². The molecule has 0 N–H and O–H groups in total. The lowest BCUT2D eigenvalue weighted by Crippen LogP contribution is -2.14. The SMILES string of the molecule is CC.CC.CCCCC(C)(CC)C/C=C\CC(C)(C)C. The fourth-order valence-corrected chi connectivity index (χ4v) is 1.83. The van der Waals surface area contributed by atoms with Gasteiger partial charge in [-0.25, -0.2) is 0 Å². The molecule has 0 aromatic carbocycles. The molecule has 0 aliphatic rings. The molecule has 0 nitrogen and oxygen atoms in total. The quantitative estimate of drug-likeness (QED) is 0.415. The number of rotatable bonds is 7. The van der Waals surface area contributed by atoms with Crippen molar-refractivity contribution in [1.82, 2.24) is 0 Å². The molecule has 1 atom stereocenters. The van der Waals surface area contributed by atoms with Crippen molar-refractivity contribution < 1.29 is 0 Å². The molecule has 1 unspecified atom stereocenters. The predicted octanol–water partition coefficient (Wildman–Crippen LogP) is 8.03. The summed E-state index contributed by atoms with van der Waals surface area (Å²) in [4.78, 5) is 0. The molecule has 0 bridgehead atoms. The van der Waals surface area contributed by atoms with Gasteiger partial charge < -0.3 is 0 Å². The molecule has 0 aliphatic heterocycles. The van der Waals surface area contributed by atoms with Crippen molar-refractivity contribution in [2.45, 2.75) is 108 Å². The van der Waals surface area contributed by atoms with Crippen molar-refractivity contribution in [3.05, 3.63) is 12.2 Å². The third-order valence-corrected chi connectivity index (χ3v) is 3.49. The molecule has 0 fully saturated rings. The second kappa shape index (κ2) is 15.1. The minimum absolute atomic E-state index is 0.433. The Balaban J connectivity index is -0.000000656. The van der Waals surface area contributed by atoms with E-state index in [1.165, 1.54) is 38.5 Å². The first-order valence-corrected chi connectivity index (χ1v) is 8.98. The van der Waals surface area contributed by atoms with Crippen LogP contribution >= 0.6 is 0 Å². The summed E-state index contributed by atoms with van der Waals surface area (Å²) < 4.78 is 0. The van der Waals surface area contributed by atoms with E-state index < -0.39 is 0 Å². The smallest absolute Gasteiger partial charge is 0.0294 e. The summed E-state index contributed by atoms with van der Waals surface area (Å²) >= 11 is 0. The van der Waals surface area contributed by atoms with Crippen molar-refractivity contribution >= 4 is 0 Å². The van der Waals surface area contributed by atoms with Crippen LogP contribution in [-0.2, 0) is 0 Å². The van der Waals surface area contributed by atoms with E-state index in [9.17, 15) is 0 Å². The van der Waals surface area contributed by atoms with Gasteiger partial charge in [-0.15, -0.1) is 0 Å². The Morgan fingerprint density at radius 1 is 0.750 bits per heavy atom. The van der Waals surface area contributed by atoms with E-state index in [1.807, 2.05) is 27.7 Å². The van der Waals surface area contributed by atoms with E-state index in [1.54, 1.807) is 0 Å². The standard InChI is InChI=1S/C16H32.2C2H6/c1-7-9-13-16(6,8-2)14-11-10-12-15(3,4)5;2*1-2/h10-11H,7-9,12-14H2,1-6H3;2*1-2H3/b11-10-;;. The molecule has 20 heavy (non-hydrogen) atoms. The van der Waals surface area contributed by atoms with E-state index in [2.05, 4.69) is 53.7 Å². The van der Waals surface area contributed by atoms with Gasteiger partial charge in [-0.3, -0.25) is 0 Å². The first-order chi connectivity index (χ1) is 9.33. The molecule has 0 heterocycles. The van der Waals surface area contributed by atoms with E-state index in [0.717, 1.165) is 0 Å². The summed E-state index contributed by atoms with van der Waals surface area (Å²) in [7, 11) is 0. The van der Waals surface area contributed by atoms with Gasteiger partial charge in [-0.1, -0.05) is 101 Å². The maximum Gasteiger partial charge on any atom is -0.0294 e. The molecule has 0 aromatic heterocycles. The summed E-state index contributed by atoms with van der Waals surface area (Å²) in [5.74, 6) is 0. The summed E-state index contributed by atoms with van der Waals surface area (Å²) in [6.07, 6.45) is 12.6. The van der Waals surface area contributed by atoms with Crippen LogP contribution in [-0.4, -0.2) is 0 Å². The molecule has 0 aromatic rings. The van der Waals surface area contributed by atoms with Crippen molar-refractivity contribution in [3.8, 4) is 0 Å². The van der Waals surface area contributed by atoms with E-state index in [-0.39, 0.29) is 0 Å². The molecule has 124 valence electrons. The Kier molecular flexibility index (Phi) is 18.7. The highest BCUT2D eigenvalue weighted by Crippen LogP contribution is 2.32. The Morgan fingerprint density at radius 3 is 1.55 bits per heavy atom. The number of hydrogen-bond acceptors (Lipinski definition) is 0. The zero-order chi connectivity index (χ0) is 16.7. The lowest BCUT2D eigenvalue weighted by Gasteiger charge is -2.27. The van der Waals surface area contributed by atoms with Crippen molar-refractivity contribution in [3.63, 3.8) is 0 Å². The van der Waals surface area contributed by atoms with Crippen LogP contribution in [0.2, 0.25) is 0 Å². The monoisotopic (exact) mass is 284 g/mol. The number of unbranched alkanes of at least 4 members (excludes halogenated alkanes) is 1. The van der Waals surface area contributed by atoms with Crippen LogP contribution in [0, 0.1) is 10.8 Å². The molecule has 0 saturated carbocycles. The maximum absolute atomic E-state index is 2.43. The third-order valence-electron chi connectivity index (χ3n) is 3.49. The Hall–Kier alpha value is -0.260. The minimum atomic E-state index is 0.433. The van der Waals surface area contributed by atoms with Crippen LogP contribution in [0.4, 0.5) is 0 Å². The number of hydrogen-bond donors (Lipinski definition) is 0. The second-order valence-corrected chi connectivity index (χ2v) is 6.71. The zero-order valence-electron chi connectivity index (χ0n) is 16.4. The van der Waals surface area contributed by atoms with Crippen molar-refractivity contribution in [1.29, 1.82) is 0 Å². The highest BCUT2D eigenvalue weighted by Gasteiger charge is 2.19. The lowest BCUT2D eigenvalue weighted by molar-refractivity contribution is 0.278. The minimum Gasteiger partial charge on any atom is -0.0880 e. The average molecular weight is 285 g/mol. The Labute approximate surface area is 131 Å². The van der Waals surface area contributed by atoms with Crippen LogP contribution in [0.25, 0.3) is 0 Å². The Morgan fingerprint density at radius 2 is 1.20 bits per heavy atom. The van der Waals surface area contributed by atoms with Crippen LogP contribution in [0.3, 0.4) is 0 Å². The lowest BCUT2D eigenvalue weighted by atomic mass is 9.79. The highest BCUT2D eigenvalue weighted by molar-refractivity contribution is 4.91. The van der Waals surface area contributed by atoms with Gasteiger partial charge in [0.05, 0.1) is 0 Å². The Bertz CT molecular complexity index is 195. The molecule has 0 aliphatic carbocycles. The van der Waals surface area contributed by atoms with Gasteiger partial charge in [-0.2, -0.15) is 0 Å². The van der Waals surface area contributed by atoms with Crippen LogP contribution in [0.15, 0.2) is 12.2 Å². The van der Waals surface area contributed by atoms with Crippen molar-refractivity contribution in [2.75, 3.05) is 0 Å². The maximum atomic E-state index is 2.43. The van der Waals surface area contributed by atoms with E-state index in [4.69, 9.17) is 0 Å². The first-order valence-electron chi connectivity index (χ1n) is 8.98. The van der Waals surface area contributed by atoms with Gasteiger partial charge in [-0.05, 0) is 30.1 Å². The predicted molar refractivity (Wildman–Crippen MR) is 98.4 cm³/mol. The summed E-state index contributed by atoms with van der Waals surface area (Å²) in [5, 5.41) is 0. The molecule has 0 spiro atoms. The van der Waals surface area contributed by atoms with Gasteiger partial charge in [0.2, 0.25) is 0 Å². The molecule has 0 heteroatoms. The fourth-order valence-electron chi connectivity index (χ4n) is 1.83. The fraction of sp³-hybridized carbons (Fsp3) is 0.900. The van der Waals surface area contributed by atoms with E-state index >= 15 is 0 Å². The summed E-state index contributed by atoms with van der Waals surface area (Å²) in [5.41, 5.74) is 0.965. The van der Waals surface area contributed by atoms with E-state index in [0.29, 0.717) is 10.8 Å². The van der Waals surface area contributed by atoms with Gasteiger partial charge >= 0.3 is 0 Å². The second-order valence-electron chi connectivity index (χ2n) is 6.71. The van der Waals surface area contributed by atoms with Crippen LogP contribution in [0.5, 0.6) is 0 Å². The van der Waals surface area contributed by atoms with Gasteiger partial charge in [0.25, 0.3) is 0 Å². The van der Waals surface area contributed by atoms with Crippen LogP contribution < -0.4 is 0 Å². The zero-order valence-corrected chi connectivity index (χ0v) is 16.4. The van der Waals surface area contributed by atoms with Gasteiger partial charge in [0, 0.05) is 0 Å². The summed E-state index contributed by atoms with van der Waals surface area (Å²) in [6, 6.07) is 0. The molecule has 0 amide bonds. The third kappa shape index (κ3) is 17.7. The van der Waals surface area contributed by atoms with Crippen molar-refractivity contribution in [2.24, 2.45) is 10.8 Å².